The normalized spacial score (nSPS) is 12.0. The van der Waals surface area contributed by atoms with E-state index >= 15 is 0 Å². The molecule has 0 saturated carbocycles. The number of imidazole rings is 1. The van der Waals surface area contributed by atoms with Crippen LogP contribution >= 0.6 is 0 Å². The Hall–Kier alpha value is -2.13. The number of aryl methyl sites for hydroxylation is 1. The van der Waals surface area contributed by atoms with Crippen LogP contribution in [-0.2, 0) is 19.0 Å². The van der Waals surface area contributed by atoms with Crippen molar-refractivity contribution in [3.63, 3.8) is 0 Å². The van der Waals surface area contributed by atoms with E-state index in [9.17, 15) is 0 Å². The summed E-state index contributed by atoms with van der Waals surface area (Å²) in [5.41, 5.74) is 10.2. The zero-order chi connectivity index (χ0) is 15.0. The van der Waals surface area contributed by atoms with Crippen LogP contribution in [0.2, 0.25) is 0 Å². The average molecular weight is 279 g/mol. The summed E-state index contributed by atoms with van der Waals surface area (Å²) in [6.07, 6.45) is 0. The molecule has 0 radical (unpaired) electrons. The lowest BCUT2D eigenvalue weighted by molar-refractivity contribution is 0.567. The average Bonchev–Trinajstić information content (AvgIpc) is 2.85. The van der Waals surface area contributed by atoms with Crippen molar-refractivity contribution in [1.82, 2.24) is 9.55 Å². The van der Waals surface area contributed by atoms with E-state index in [-0.39, 0.29) is 5.41 Å². The van der Waals surface area contributed by atoms with Crippen LogP contribution in [0.1, 0.15) is 30.8 Å². The molecule has 108 valence electrons. The molecule has 1 aromatic heterocycles. The molecule has 3 rings (SSSR count). The zero-order valence-corrected chi connectivity index (χ0v) is 12.8. The van der Waals surface area contributed by atoms with Crippen LogP contribution in [-0.4, -0.2) is 9.55 Å². The number of nitrogens with two attached hydrogens (primary N) is 1. The van der Waals surface area contributed by atoms with Crippen LogP contribution in [0.5, 0.6) is 0 Å². The lowest BCUT2D eigenvalue weighted by Gasteiger charge is -2.24. The van der Waals surface area contributed by atoms with Crippen LogP contribution in [0.4, 0.5) is 0 Å². The highest BCUT2D eigenvalue weighted by Gasteiger charge is 2.28. The first-order chi connectivity index (χ1) is 10.0. The van der Waals surface area contributed by atoms with Gasteiger partial charge in [0.15, 0.2) is 0 Å². The predicted octanol–water partition coefficient (Wildman–Crippen LogP) is 3.36. The van der Waals surface area contributed by atoms with Crippen LogP contribution < -0.4 is 5.73 Å². The number of benzene rings is 2. The SMILES string of the molecule is Cn1c(C(C)(C)c2ccccc2)nc2ccc(CN)cc21. The molecule has 0 saturated heterocycles. The maximum absolute atomic E-state index is 5.74. The molecule has 0 atom stereocenters. The second-order valence-electron chi connectivity index (χ2n) is 6.01. The molecule has 0 aliphatic heterocycles. The van der Waals surface area contributed by atoms with E-state index < -0.39 is 0 Å². The zero-order valence-electron chi connectivity index (χ0n) is 12.8. The number of hydrogen-bond donors (Lipinski definition) is 1. The molecule has 3 heteroatoms. The van der Waals surface area contributed by atoms with Gasteiger partial charge in [-0.3, -0.25) is 0 Å². The van der Waals surface area contributed by atoms with Crippen molar-refractivity contribution in [2.45, 2.75) is 25.8 Å². The minimum absolute atomic E-state index is 0.141. The fourth-order valence-electron chi connectivity index (χ4n) is 2.91. The lowest BCUT2D eigenvalue weighted by Crippen LogP contribution is -2.23. The number of fused-ring (bicyclic) bond motifs is 1. The molecule has 21 heavy (non-hydrogen) atoms. The Balaban J connectivity index is 2.18. The van der Waals surface area contributed by atoms with Crippen molar-refractivity contribution in [3.8, 4) is 0 Å². The summed E-state index contributed by atoms with van der Waals surface area (Å²) >= 11 is 0. The highest BCUT2D eigenvalue weighted by atomic mass is 15.1. The molecule has 0 amide bonds. The smallest absolute Gasteiger partial charge is 0.119 e. The summed E-state index contributed by atoms with van der Waals surface area (Å²) in [5, 5.41) is 0. The summed E-state index contributed by atoms with van der Waals surface area (Å²) < 4.78 is 2.18. The molecule has 1 heterocycles. The molecule has 3 aromatic rings. The predicted molar refractivity (Wildman–Crippen MR) is 87.2 cm³/mol. The van der Waals surface area contributed by atoms with Gasteiger partial charge in [-0.05, 0) is 37.1 Å². The molecular formula is C18H21N3. The molecule has 0 aliphatic rings. The Morgan fingerprint density at radius 2 is 1.81 bits per heavy atom. The summed E-state index contributed by atoms with van der Waals surface area (Å²) in [6, 6.07) is 16.7. The van der Waals surface area contributed by atoms with Crippen molar-refractivity contribution in [2.75, 3.05) is 0 Å². The topological polar surface area (TPSA) is 43.8 Å². The first-order valence-electron chi connectivity index (χ1n) is 7.25. The molecule has 0 fully saturated rings. The third kappa shape index (κ3) is 2.24. The van der Waals surface area contributed by atoms with Gasteiger partial charge in [0.1, 0.15) is 5.82 Å². The standard InChI is InChI=1S/C18H21N3/c1-18(2,14-7-5-4-6-8-14)17-20-15-10-9-13(12-19)11-16(15)21(17)3/h4-11H,12,19H2,1-3H3. The van der Waals surface area contributed by atoms with Crippen molar-refractivity contribution in [1.29, 1.82) is 0 Å². The molecule has 2 aromatic carbocycles. The Labute approximate surface area is 125 Å². The fraction of sp³-hybridized carbons (Fsp3) is 0.278. The van der Waals surface area contributed by atoms with Gasteiger partial charge in [0.2, 0.25) is 0 Å². The Morgan fingerprint density at radius 3 is 2.48 bits per heavy atom. The Morgan fingerprint density at radius 1 is 1.10 bits per heavy atom. The summed E-state index contributed by atoms with van der Waals surface area (Å²) in [5.74, 6) is 1.07. The van der Waals surface area contributed by atoms with Crippen LogP contribution in [0, 0.1) is 0 Å². The maximum atomic E-state index is 5.74. The number of nitrogens with zero attached hydrogens (tertiary/aromatic N) is 2. The van der Waals surface area contributed by atoms with Gasteiger partial charge in [0.05, 0.1) is 11.0 Å². The molecule has 0 aliphatic carbocycles. The van der Waals surface area contributed by atoms with E-state index in [4.69, 9.17) is 10.7 Å². The van der Waals surface area contributed by atoms with Crippen LogP contribution in [0.25, 0.3) is 11.0 Å². The highest BCUT2D eigenvalue weighted by molar-refractivity contribution is 5.77. The summed E-state index contributed by atoms with van der Waals surface area (Å²) in [7, 11) is 2.08. The second kappa shape index (κ2) is 5.01. The van der Waals surface area contributed by atoms with E-state index in [0.717, 1.165) is 22.4 Å². The first-order valence-corrected chi connectivity index (χ1v) is 7.25. The van der Waals surface area contributed by atoms with Crippen LogP contribution in [0.15, 0.2) is 48.5 Å². The van der Waals surface area contributed by atoms with Crippen LogP contribution in [0.3, 0.4) is 0 Å². The van der Waals surface area contributed by atoms with Crippen molar-refractivity contribution >= 4 is 11.0 Å². The molecule has 3 nitrogen and oxygen atoms in total. The largest absolute Gasteiger partial charge is 0.330 e. The van der Waals surface area contributed by atoms with E-state index in [0.29, 0.717) is 6.54 Å². The highest BCUT2D eigenvalue weighted by Crippen LogP contribution is 2.32. The van der Waals surface area contributed by atoms with E-state index in [1.807, 2.05) is 6.07 Å². The van der Waals surface area contributed by atoms with Gasteiger partial charge >= 0.3 is 0 Å². The molecule has 0 spiro atoms. The van der Waals surface area contributed by atoms with E-state index in [1.54, 1.807) is 0 Å². The van der Waals surface area contributed by atoms with Crippen molar-refractivity contribution in [2.24, 2.45) is 12.8 Å². The van der Waals surface area contributed by atoms with Gasteiger partial charge in [-0.2, -0.15) is 0 Å². The van der Waals surface area contributed by atoms with Gasteiger partial charge in [-0.15, -0.1) is 0 Å². The van der Waals surface area contributed by atoms with Crippen molar-refractivity contribution < 1.29 is 0 Å². The maximum Gasteiger partial charge on any atom is 0.119 e. The van der Waals surface area contributed by atoms with E-state index in [2.05, 4.69) is 67.9 Å². The Kier molecular flexibility index (Phi) is 3.30. The monoisotopic (exact) mass is 279 g/mol. The number of rotatable bonds is 3. The number of aromatic nitrogens is 2. The third-order valence-corrected chi connectivity index (χ3v) is 4.24. The quantitative estimate of drug-likeness (QED) is 0.799. The second-order valence-corrected chi connectivity index (χ2v) is 6.01. The van der Waals surface area contributed by atoms with Gasteiger partial charge in [0.25, 0.3) is 0 Å². The minimum atomic E-state index is -0.141. The molecule has 0 bridgehead atoms. The third-order valence-electron chi connectivity index (χ3n) is 4.24. The fourth-order valence-corrected chi connectivity index (χ4v) is 2.91. The first kappa shape index (κ1) is 13.8. The van der Waals surface area contributed by atoms with Gasteiger partial charge in [-0.25, -0.2) is 4.98 Å². The van der Waals surface area contributed by atoms with Gasteiger partial charge in [-0.1, -0.05) is 36.4 Å². The Bertz CT molecular complexity index is 770. The van der Waals surface area contributed by atoms with E-state index in [1.165, 1.54) is 5.56 Å². The van der Waals surface area contributed by atoms with Crippen molar-refractivity contribution in [3.05, 3.63) is 65.5 Å². The molecular weight excluding hydrogens is 258 g/mol. The molecule has 2 N–H and O–H groups in total. The minimum Gasteiger partial charge on any atom is -0.330 e. The van der Waals surface area contributed by atoms with Gasteiger partial charge < -0.3 is 10.3 Å². The lowest BCUT2D eigenvalue weighted by atomic mass is 9.84. The summed E-state index contributed by atoms with van der Waals surface area (Å²) in [4.78, 5) is 4.86. The molecule has 0 unspecified atom stereocenters. The summed E-state index contributed by atoms with van der Waals surface area (Å²) in [6.45, 7) is 4.99. The van der Waals surface area contributed by atoms with Gasteiger partial charge in [0, 0.05) is 19.0 Å². The number of hydrogen-bond acceptors (Lipinski definition) is 2.